The summed E-state index contributed by atoms with van der Waals surface area (Å²) in [5.74, 6) is -0.352. The normalized spacial score (nSPS) is 21.5. The lowest BCUT2D eigenvalue weighted by atomic mass is 9.97. The Balaban J connectivity index is 2.22. The van der Waals surface area contributed by atoms with Crippen molar-refractivity contribution in [3.8, 4) is 5.75 Å². The Kier molecular flexibility index (Phi) is 4.27. The smallest absolute Gasteiger partial charge is 0.337 e. The SMILES string of the molecule is COc1ccc(C(=O)O)c(NC(=O)C2CCCC2C)c1. The summed E-state index contributed by atoms with van der Waals surface area (Å²) < 4.78 is 5.07. The van der Waals surface area contributed by atoms with Crippen LogP contribution in [0.1, 0.15) is 36.5 Å². The van der Waals surface area contributed by atoms with E-state index >= 15 is 0 Å². The van der Waals surface area contributed by atoms with Crippen molar-refractivity contribution in [2.45, 2.75) is 26.2 Å². The van der Waals surface area contributed by atoms with Crippen LogP contribution in [0.4, 0.5) is 5.69 Å². The molecular formula is C15H19NO4. The van der Waals surface area contributed by atoms with E-state index in [-0.39, 0.29) is 17.4 Å². The molecule has 1 aliphatic rings. The van der Waals surface area contributed by atoms with E-state index in [1.165, 1.54) is 13.2 Å². The Morgan fingerprint density at radius 1 is 1.35 bits per heavy atom. The molecule has 1 saturated carbocycles. The van der Waals surface area contributed by atoms with E-state index < -0.39 is 5.97 Å². The average molecular weight is 277 g/mol. The van der Waals surface area contributed by atoms with E-state index in [0.717, 1.165) is 19.3 Å². The molecule has 1 fully saturated rings. The van der Waals surface area contributed by atoms with Gasteiger partial charge in [-0.15, -0.1) is 0 Å². The van der Waals surface area contributed by atoms with Crippen molar-refractivity contribution in [2.24, 2.45) is 11.8 Å². The predicted molar refractivity (Wildman–Crippen MR) is 75.1 cm³/mol. The molecule has 2 unspecified atom stereocenters. The molecule has 0 bridgehead atoms. The topological polar surface area (TPSA) is 75.6 Å². The number of ether oxygens (including phenoxy) is 1. The van der Waals surface area contributed by atoms with Gasteiger partial charge in [-0.1, -0.05) is 13.3 Å². The number of benzene rings is 1. The maximum Gasteiger partial charge on any atom is 0.337 e. The summed E-state index contributed by atoms with van der Waals surface area (Å²) in [6.45, 7) is 2.06. The zero-order chi connectivity index (χ0) is 14.7. The molecule has 108 valence electrons. The number of amides is 1. The van der Waals surface area contributed by atoms with Crippen molar-refractivity contribution in [1.29, 1.82) is 0 Å². The van der Waals surface area contributed by atoms with Crippen LogP contribution >= 0.6 is 0 Å². The number of rotatable bonds is 4. The lowest BCUT2D eigenvalue weighted by Gasteiger charge is -2.16. The van der Waals surface area contributed by atoms with Crippen LogP contribution in [0.2, 0.25) is 0 Å². The molecule has 1 aliphatic carbocycles. The molecule has 0 spiro atoms. The number of carboxylic acid groups (broad SMARTS) is 1. The van der Waals surface area contributed by atoms with E-state index in [9.17, 15) is 9.59 Å². The Labute approximate surface area is 117 Å². The highest BCUT2D eigenvalue weighted by Gasteiger charge is 2.30. The maximum absolute atomic E-state index is 12.3. The number of hydrogen-bond donors (Lipinski definition) is 2. The van der Waals surface area contributed by atoms with Crippen LogP contribution in [0.25, 0.3) is 0 Å². The largest absolute Gasteiger partial charge is 0.497 e. The van der Waals surface area contributed by atoms with Gasteiger partial charge in [-0.05, 0) is 30.9 Å². The first-order valence-electron chi connectivity index (χ1n) is 6.75. The lowest BCUT2D eigenvalue weighted by molar-refractivity contribution is -0.120. The fourth-order valence-corrected chi connectivity index (χ4v) is 2.70. The molecule has 0 aromatic heterocycles. The van der Waals surface area contributed by atoms with Crippen LogP contribution in [-0.2, 0) is 4.79 Å². The minimum absolute atomic E-state index is 0.0390. The van der Waals surface area contributed by atoms with E-state index in [2.05, 4.69) is 12.2 Å². The van der Waals surface area contributed by atoms with Crippen molar-refractivity contribution in [3.05, 3.63) is 23.8 Å². The second-order valence-corrected chi connectivity index (χ2v) is 5.22. The molecule has 0 saturated heterocycles. The van der Waals surface area contributed by atoms with Crippen molar-refractivity contribution >= 4 is 17.6 Å². The number of carboxylic acids is 1. The van der Waals surface area contributed by atoms with Crippen molar-refractivity contribution in [3.63, 3.8) is 0 Å². The molecule has 1 aromatic carbocycles. The highest BCUT2D eigenvalue weighted by molar-refractivity contribution is 6.01. The lowest BCUT2D eigenvalue weighted by Crippen LogP contribution is -2.25. The Hall–Kier alpha value is -2.04. The van der Waals surface area contributed by atoms with Gasteiger partial charge in [0.25, 0.3) is 0 Å². The third kappa shape index (κ3) is 2.92. The van der Waals surface area contributed by atoms with E-state index in [0.29, 0.717) is 17.4 Å². The van der Waals surface area contributed by atoms with E-state index in [1.807, 2.05) is 0 Å². The van der Waals surface area contributed by atoms with Gasteiger partial charge >= 0.3 is 5.97 Å². The van der Waals surface area contributed by atoms with Crippen molar-refractivity contribution in [1.82, 2.24) is 0 Å². The highest BCUT2D eigenvalue weighted by Crippen LogP contribution is 2.33. The Morgan fingerprint density at radius 2 is 2.10 bits per heavy atom. The molecular weight excluding hydrogens is 258 g/mol. The van der Waals surface area contributed by atoms with Crippen LogP contribution in [0, 0.1) is 11.8 Å². The predicted octanol–water partition coefficient (Wildman–Crippen LogP) is 2.77. The van der Waals surface area contributed by atoms with Gasteiger partial charge in [-0.3, -0.25) is 4.79 Å². The van der Waals surface area contributed by atoms with Gasteiger partial charge in [0.1, 0.15) is 5.75 Å². The molecule has 1 aromatic rings. The molecule has 2 rings (SSSR count). The summed E-state index contributed by atoms with van der Waals surface area (Å²) in [5.41, 5.74) is 0.366. The quantitative estimate of drug-likeness (QED) is 0.887. The average Bonchev–Trinajstić information content (AvgIpc) is 2.84. The van der Waals surface area contributed by atoms with Gasteiger partial charge in [-0.25, -0.2) is 4.79 Å². The minimum Gasteiger partial charge on any atom is -0.497 e. The van der Waals surface area contributed by atoms with Crippen LogP contribution in [0.3, 0.4) is 0 Å². The van der Waals surface area contributed by atoms with Gasteiger partial charge in [-0.2, -0.15) is 0 Å². The molecule has 5 heteroatoms. The fourth-order valence-electron chi connectivity index (χ4n) is 2.70. The van der Waals surface area contributed by atoms with Crippen molar-refractivity contribution in [2.75, 3.05) is 12.4 Å². The second kappa shape index (κ2) is 5.94. The van der Waals surface area contributed by atoms with Gasteiger partial charge in [0.15, 0.2) is 0 Å². The number of nitrogens with one attached hydrogen (secondary N) is 1. The van der Waals surface area contributed by atoms with Crippen LogP contribution in [0.15, 0.2) is 18.2 Å². The van der Waals surface area contributed by atoms with Gasteiger partial charge < -0.3 is 15.2 Å². The first-order valence-corrected chi connectivity index (χ1v) is 6.75. The van der Waals surface area contributed by atoms with Crippen LogP contribution in [-0.4, -0.2) is 24.1 Å². The summed E-state index contributed by atoms with van der Waals surface area (Å²) in [4.78, 5) is 23.5. The Bertz CT molecular complexity index is 527. The summed E-state index contributed by atoms with van der Waals surface area (Å²) >= 11 is 0. The van der Waals surface area contributed by atoms with Gasteiger partial charge in [0.05, 0.1) is 18.4 Å². The third-order valence-electron chi connectivity index (χ3n) is 3.91. The van der Waals surface area contributed by atoms with Gasteiger partial charge in [0.2, 0.25) is 5.91 Å². The number of carbonyl (C=O) groups is 2. The van der Waals surface area contributed by atoms with E-state index in [4.69, 9.17) is 9.84 Å². The molecule has 2 N–H and O–H groups in total. The van der Waals surface area contributed by atoms with Gasteiger partial charge in [0, 0.05) is 12.0 Å². The van der Waals surface area contributed by atoms with Crippen molar-refractivity contribution < 1.29 is 19.4 Å². The number of anilines is 1. The molecule has 0 heterocycles. The number of methoxy groups -OCH3 is 1. The molecule has 0 radical (unpaired) electrons. The summed E-state index contributed by atoms with van der Waals surface area (Å²) in [6, 6.07) is 4.55. The maximum atomic E-state index is 12.3. The summed E-state index contributed by atoms with van der Waals surface area (Å²) in [7, 11) is 1.50. The van der Waals surface area contributed by atoms with Crippen LogP contribution in [0.5, 0.6) is 5.75 Å². The molecule has 1 amide bonds. The standard InChI is InChI=1S/C15H19NO4/c1-9-4-3-5-11(9)14(17)16-13-8-10(20-2)6-7-12(13)15(18)19/h6-9,11H,3-5H2,1-2H3,(H,16,17)(H,18,19). The monoisotopic (exact) mass is 277 g/mol. The zero-order valence-corrected chi connectivity index (χ0v) is 11.7. The zero-order valence-electron chi connectivity index (χ0n) is 11.7. The van der Waals surface area contributed by atoms with Crippen LogP contribution < -0.4 is 10.1 Å². The van der Waals surface area contributed by atoms with E-state index in [1.54, 1.807) is 12.1 Å². The molecule has 2 atom stereocenters. The molecule has 20 heavy (non-hydrogen) atoms. The first-order chi connectivity index (χ1) is 9.52. The number of hydrogen-bond acceptors (Lipinski definition) is 3. The number of carbonyl (C=O) groups excluding carboxylic acids is 1. The third-order valence-corrected chi connectivity index (χ3v) is 3.91. The first kappa shape index (κ1) is 14.4. The summed E-state index contributed by atoms with van der Waals surface area (Å²) in [5, 5.41) is 11.9. The highest BCUT2D eigenvalue weighted by atomic mass is 16.5. The molecule has 0 aliphatic heterocycles. The molecule has 5 nitrogen and oxygen atoms in total. The minimum atomic E-state index is -1.07. The number of aromatic carboxylic acids is 1. The summed E-state index contributed by atoms with van der Waals surface area (Å²) in [6.07, 6.45) is 2.95. The fraction of sp³-hybridized carbons (Fsp3) is 0.467. The second-order valence-electron chi connectivity index (χ2n) is 5.22. The Morgan fingerprint density at radius 3 is 2.65 bits per heavy atom.